The molecule has 0 fully saturated rings. The summed E-state index contributed by atoms with van der Waals surface area (Å²) in [6, 6.07) is 8.49. The van der Waals surface area contributed by atoms with Gasteiger partial charge in [-0.05, 0) is 30.7 Å². The highest BCUT2D eigenvalue weighted by molar-refractivity contribution is 6.76. The van der Waals surface area contributed by atoms with E-state index in [1.165, 1.54) is 4.68 Å². The van der Waals surface area contributed by atoms with Crippen LogP contribution in [0.25, 0.3) is 11.1 Å². The molecule has 0 saturated carbocycles. The molecule has 0 atom stereocenters. The van der Waals surface area contributed by atoms with E-state index >= 15 is 0 Å². The molecule has 0 saturated heterocycles. The maximum absolute atomic E-state index is 9.87. The van der Waals surface area contributed by atoms with Crippen molar-refractivity contribution in [2.45, 2.75) is 39.3 Å². The van der Waals surface area contributed by atoms with Gasteiger partial charge in [0.25, 0.3) is 0 Å². The first-order valence-corrected chi connectivity index (χ1v) is 12.1. The van der Waals surface area contributed by atoms with E-state index in [-0.39, 0.29) is 6.73 Å². The van der Waals surface area contributed by atoms with Crippen LogP contribution in [0.15, 0.2) is 24.3 Å². The van der Waals surface area contributed by atoms with Gasteiger partial charge < -0.3 is 19.5 Å². The Morgan fingerprint density at radius 1 is 1.16 bits per heavy atom. The van der Waals surface area contributed by atoms with E-state index in [4.69, 9.17) is 9.47 Å². The fraction of sp³-hybridized carbons (Fsp3) is 0.471. The van der Waals surface area contributed by atoms with E-state index in [1.54, 1.807) is 7.11 Å². The van der Waals surface area contributed by atoms with E-state index in [0.717, 1.165) is 23.1 Å². The number of aromatic nitrogens is 2. The molecule has 2 N–H and O–H groups in total. The number of rotatable bonds is 8. The first-order chi connectivity index (χ1) is 11.7. The minimum atomic E-state index is -1.63. The Morgan fingerprint density at radius 3 is 2.32 bits per heavy atom. The molecule has 0 aliphatic rings. The molecule has 0 radical (unpaired) electrons. The predicted molar refractivity (Wildman–Crippen MR) is 103 cm³/mol. The fourth-order valence-electron chi connectivity index (χ4n) is 2.60. The number of benzene rings is 1. The summed E-state index contributed by atoms with van der Waals surface area (Å²) in [5.74, 6) is 0.745. The highest BCUT2D eigenvalue weighted by atomic mass is 28.3. The molecule has 0 unspecified atom stereocenters. The minimum Gasteiger partial charge on any atom is -0.497 e. The topological polar surface area (TPSA) is 76.7 Å². The number of hydrogen-bond acceptors (Lipinski definition) is 5. The second-order valence-electron chi connectivity index (χ2n) is 7.30. The average Bonchev–Trinajstić information content (AvgIpc) is 2.87. The van der Waals surface area contributed by atoms with Gasteiger partial charge in [-0.2, -0.15) is 5.10 Å². The molecule has 2 aromatic rings. The van der Waals surface area contributed by atoms with E-state index < -0.39 is 15.2 Å². The average molecular weight is 362 g/mol. The molecular weight excluding hydrogens is 335 g/mol. The molecule has 0 aliphatic carbocycles. The van der Waals surface area contributed by atoms with Crippen LogP contribution in [0.2, 0.25) is 25.7 Å². The Hall–Kier alpha value is -1.61. The van der Waals surface area contributed by atoms with E-state index in [1.807, 2.05) is 31.2 Å². The van der Waals surface area contributed by atoms with Gasteiger partial charge in [0, 0.05) is 20.2 Å². The molecule has 8 heteroatoms. The number of hydrogen-bond donors (Lipinski definition) is 2. The predicted octanol–water partition coefficient (Wildman–Crippen LogP) is 1.86. The number of methoxy groups -OCH3 is 1. The quantitative estimate of drug-likeness (QED) is 0.554. The molecule has 25 heavy (non-hydrogen) atoms. The summed E-state index contributed by atoms with van der Waals surface area (Å²) in [4.78, 5) is 0. The third-order valence-corrected chi connectivity index (χ3v) is 5.70. The molecule has 6 nitrogen and oxygen atoms in total. The molecule has 1 aromatic carbocycles. The normalized spacial score (nSPS) is 11.6. The molecule has 1 heterocycles. The Bertz CT molecular complexity index is 696. The van der Waals surface area contributed by atoms with E-state index in [2.05, 4.69) is 24.7 Å². The monoisotopic (exact) mass is 362 g/mol. The fourth-order valence-corrected chi connectivity index (χ4v) is 3.36. The Balaban J connectivity index is 2.24. The molecule has 0 spiro atoms. The zero-order valence-corrected chi connectivity index (χ0v) is 16.6. The van der Waals surface area contributed by atoms with Crippen molar-refractivity contribution in [2.24, 2.45) is 0 Å². The van der Waals surface area contributed by atoms with Crippen LogP contribution in [0.4, 0.5) is 0 Å². The van der Waals surface area contributed by atoms with Gasteiger partial charge in [0.05, 0.1) is 18.4 Å². The molecule has 0 aliphatic heterocycles. The standard InChI is InChI=1S/C17H27BN2O4Si/c1-13-16(14-6-8-15(23-2)9-7-14)17(18(21)22)20(19-13)12-24-10-11-25(3,4)5/h6-9,21-22H,10-12H2,1-5H3. The van der Waals surface area contributed by atoms with Crippen LogP contribution < -0.4 is 10.3 Å². The molecule has 136 valence electrons. The second kappa shape index (κ2) is 8.18. The van der Waals surface area contributed by atoms with Gasteiger partial charge in [0.1, 0.15) is 12.5 Å². The number of nitrogens with zero attached hydrogens (tertiary/aromatic N) is 2. The molecular formula is C17H27BN2O4Si. The van der Waals surface area contributed by atoms with Crippen LogP contribution in [-0.4, -0.2) is 48.7 Å². The largest absolute Gasteiger partial charge is 0.508 e. The van der Waals surface area contributed by atoms with Crippen molar-refractivity contribution in [1.82, 2.24) is 9.78 Å². The van der Waals surface area contributed by atoms with Crippen molar-refractivity contribution < 1.29 is 19.5 Å². The first-order valence-electron chi connectivity index (χ1n) is 8.38. The van der Waals surface area contributed by atoms with Crippen molar-refractivity contribution in [1.29, 1.82) is 0 Å². The van der Waals surface area contributed by atoms with Crippen molar-refractivity contribution in [2.75, 3.05) is 13.7 Å². The second-order valence-corrected chi connectivity index (χ2v) is 12.9. The van der Waals surface area contributed by atoms with Gasteiger partial charge in [0.15, 0.2) is 0 Å². The summed E-state index contributed by atoms with van der Waals surface area (Å²) in [6.07, 6.45) is 0. The lowest BCUT2D eigenvalue weighted by Gasteiger charge is -2.16. The molecule has 2 rings (SSSR count). The van der Waals surface area contributed by atoms with Crippen molar-refractivity contribution in [3.63, 3.8) is 0 Å². The van der Waals surface area contributed by atoms with Gasteiger partial charge >= 0.3 is 7.12 Å². The molecule has 0 bridgehead atoms. The zero-order chi connectivity index (χ0) is 18.6. The minimum absolute atomic E-state index is 0.203. The molecule has 1 aromatic heterocycles. The van der Waals surface area contributed by atoms with Crippen LogP contribution in [0.3, 0.4) is 0 Å². The van der Waals surface area contributed by atoms with E-state index in [9.17, 15) is 10.0 Å². The summed E-state index contributed by atoms with van der Waals surface area (Å²) < 4.78 is 12.4. The number of ether oxygens (including phenoxy) is 2. The van der Waals surface area contributed by atoms with Crippen molar-refractivity contribution in [3.05, 3.63) is 30.0 Å². The highest BCUT2D eigenvalue weighted by Gasteiger charge is 2.26. The summed E-state index contributed by atoms with van der Waals surface area (Å²) in [5.41, 5.74) is 2.64. The lowest BCUT2D eigenvalue weighted by Crippen LogP contribution is -2.38. The van der Waals surface area contributed by atoms with Gasteiger partial charge in [0.2, 0.25) is 0 Å². The summed E-state index contributed by atoms with van der Waals surface area (Å²) in [7, 11) is -1.18. The third-order valence-electron chi connectivity index (χ3n) is 4.00. The zero-order valence-electron chi connectivity index (χ0n) is 15.6. The summed E-state index contributed by atoms with van der Waals surface area (Å²) in [6.45, 7) is 9.57. The lowest BCUT2D eigenvalue weighted by atomic mass is 9.80. The van der Waals surface area contributed by atoms with Crippen molar-refractivity contribution in [3.8, 4) is 16.9 Å². The van der Waals surface area contributed by atoms with Crippen LogP contribution in [0.1, 0.15) is 5.69 Å². The smallest absolute Gasteiger partial charge is 0.497 e. The highest BCUT2D eigenvalue weighted by Crippen LogP contribution is 2.24. The maximum Gasteiger partial charge on any atom is 0.508 e. The van der Waals surface area contributed by atoms with Gasteiger partial charge in [-0.15, -0.1) is 0 Å². The van der Waals surface area contributed by atoms with Crippen LogP contribution >= 0.6 is 0 Å². The summed E-state index contributed by atoms with van der Waals surface area (Å²) >= 11 is 0. The van der Waals surface area contributed by atoms with Gasteiger partial charge in [-0.3, -0.25) is 0 Å². The number of aryl methyl sites for hydroxylation is 1. The third kappa shape index (κ3) is 5.18. The summed E-state index contributed by atoms with van der Waals surface area (Å²) in [5, 5.41) is 24.2. The van der Waals surface area contributed by atoms with E-state index in [0.29, 0.717) is 17.8 Å². The van der Waals surface area contributed by atoms with Crippen LogP contribution in [0.5, 0.6) is 5.75 Å². The van der Waals surface area contributed by atoms with Crippen molar-refractivity contribution >= 4 is 20.8 Å². The Labute approximate surface area is 150 Å². The van der Waals surface area contributed by atoms with Crippen LogP contribution in [-0.2, 0) is 11.5 Å². The van der Waals surface area contributed by atoms with Gasteiger partial charge in [-0.1, -0.05) is 31.8 Å². The Kier molecular flexibility index (Phi) is 6.45. The van der Waals surface area contributed by atoms with Gasteiger partial charge in [-0.25, -0.2) is 4.68 Å². The first kappa shape index (κ1) is 19.7. The molecule has 0 amide bonds. The maximum atomic E-state index is 9.87. The Morgan fingerprint density at radius 2 is 1.80 bits per heavy atom. The lowest BCUT2D eigenvalue weighted by molar-refractivity contribution is 0.0800. The SMILES string of the molecule is COc1ccc(-c2c(C)nn(COCC[Si](C)(C)C)c2B(O)O)cc1. The van der Waals surface area contributed by atoms with Crippen LogP contribution in [0, 0.1) is 6.92 Å².